The average molecular weight is 317 g/mol. The molecule has 6 heteroatoms. The molecule has 4 nitrogen and oxygen atoms in total. The molecule has 0 aliphatic heterocycles. The van der Waals surface area contributed by atoms with Gasteiger partial charge in [-0.05, 0) is 24.6 Å². The Labute approximate surface area is 130 Å². The molecule has 2 N–H and O–H groups in total. The number of thiocarbonyl (C=S) groups is 1. The van der Waals surface area contributed by atoms with Crippen LogP contribution in [-0.2, 0) is 9.47 Å². The van der Waals surface area contributed by atoms with E-state index in [1.165, 1.54) is 0 Å². The van der Waals surface area contributed by atoms with E-state index < -0.39 is 0 Å². The average Bonchev–Trinajstić information content (AvgIpc) is 2.43. The van der Waals surface area contributed by atoms with Crippen LogP contribution in [0.25, 0.3) is 0 Å². The summed E-state index contributed by atoms with van der Waals surface area (Å²) in [7, 11) is 3.38. The van der Waals surface area contributed by atoms with E-state index in [1.807, 2.05) is 12.1 Å². The Balaban J connectivity index is 2.95. The van der Waals surface area contributed by atoms with E-state index in [0.29, 0.717) is 23.2 Å². The van der Waals surface area contributed by atoms with Crippen LogP contribution >= 0.6 is 23.8 Å². The lowest BCUT2D eigenvalue weighted by atomic mass is 10.1. The van der Waals surface area contributed by atoms with Gasteiger partial charge in [0.05, 0.1) is 6.61 Å². The first-order valence-electron chi connectivity index (χ1n) is 6.42. The van der Waals surface area contributed by atoms with Crippen LogP contribution < -0.4 is 10.6 Å². The summed E-state index contributed by atoms with van der Waals surface area (Å²) in [6.07, 6.45) is 0.916. The van der Waals surface area contributed by atoms with Crippen LogP contribution in [0.4, 0.5) is 5.69 Å². The summed E-state index contributed by atoms with van der Waals surface area (Å²) in [6.45, 7) is 2.94. The number of halogens is 1. The molecule has 0 aliphatic carbocycles. The lowest BCUT2D eigenvalue weighted by Crippen LogP contribution is -2.31. The van der Waals surface area contributed by atoms with Crippen LogP contribution in [0, 0.1) is 0 Å². The molecule has 0 fully saturated rings. The van der Waals surface area contributed by atoms with Crippen LogP contribution in [-0.4, -0.2) is 45.5 Å². The summed E-state index contributed by atoms with van der Waals surface area (Å²) in [6, 6.07) is 5.59. The SMILES string of the molecule is COCCCN(CCOC)c1ccc(Cl)cc1C(N)=S. The minimum absolute atomic E-state index is 0.344. The second kappa shape index (κ2) is 9.13. The minimum atomic E-state index is 0.344. The third-order valence-corrected chi connectivity index (χ3v) is 3.36. The van der Waals surface area contributed by atoms with E-state index in [9.17, 15) is 0 Å². The molecule has 0 amide bonds. The van der Waals surface area contributed by atoms with Crippen LogP contribution in [0.2, 0.25) is 5.02 Å². The minimum Gasteiger partial charge on any atom is -0.389 e. The molecule has 1 aromatic carbocycles. The molecule has 112 valence electrons. The Kier molecular flexibility index (Phi) is 7.84. The lowest BCUT2D eigenvalue weighted by Gasteiger charge is -2.26. The van der Waals surface area contributed by atoms with E-state index in [4.69, 9.17) is 39.0 Å². The Bertz CT molecular complexity index is 443. The molecule has 0 unspecified atom stereocenters. The van der Waals surface area contributed by atoms with Gasteiger partial charge in [-0.15, -0.1) is 0 Å². The molecule has 0 aliphatic rings. The molecular formula is C14H21ClN2O2S. The van der Waals surface area contributed by atoms with Gasteiger partial charge < -0.3 is 20.1 Å². The molecule has 0 saturated heterocycles. The van der Waals surface area contributed by atoms with Crippen molar-refractivity contribution < 1.29 is 9.47 Å². The predicted octanol–water partition coefficient (Wildman–Crippen LogP) is 2.46. The smallest absolute Gasteiger partial charge is 0.106 e. The van der Waals surface area contributed by atoms with Crippen molar-refractivity contribution in [1.82, 2.24) is 0 Å². The van der Waals surface area contributed by atoms with E-state index in [1.54, 1.807) is 20.3 Å². The maximum Gasteiger partial charge on any atom is 0.106 e. The van der Waals surface area contributed by atoms with Crippen LogP contribution in [0.5, 0.6) is 0 Å². The molecule has 20 heavy (non-hydrogen) atoms. The third kappa shape index (κ3) is 5.25. The van der Waals surface area contributed by atoms with Crippen LogP contribution in [0.1, 0.15) is 12.0 Å². The van der Waals surface area contributed by atoms with E-state index in [0.717, 1.165) is 30.8 Å². The first-order valence-corrected chi connectivity index (χ1v) is 7.21. The summed E-state index contributed by atoms with van der Waals surface area (Å²) in [5, 5.41) is 0.625. The van der Waals surface area contributed by atoms with Gasteiger partial charge in [-0.25, -0.2) is 0 Å². The fourth-order valence-electron chi connectivity index (χ4n) is 1.94. The molecule has 0 saturated carbocycles. The molecule has 0 aromatic heterocycles. The first-order chi connectivity index (χ1) is 9.60. The highest BCUT2D eigenvalue weighted by Crippen LogP contribution is 2.24. The number of ether oxygens (including phenoxy) is 2. The number of nitrogens with two attached hydrogens (primary N) is 1. The number of nitrogens with zero attached hydrogens (tertiary/aromatic N) is 1. The monoisotopic (exact) mass is 316 g/mol. The van der Waals surface area contributed by atoms with Gasteiger partial charge in [-0.1, -0.05) is 23.8 Å². The van der Waals surface area contributed by atoms with E-state index in [2.05, 4.69) is 4.90 Å². The maximum atomic E-state index is 6.02. The summed E-state index contributed by atoms with van der Waals surface area (Å²) in [5.74, 6) is 0. The number of benzene rings is 1. The fourth-order valence-corrected chi connectivity index (χ4v) is 2.27. The number of methoxy groups -OCH3 is 2. The van der Waals surface area contributed by atoms with Gasteiger partial charge in [0.2, 0.25) is 0 Å². The number of hydrogen-bond acceptors (Lipinski definition) is 4. The summed E-state index contributed by atoms with van der Waals surface area (Å²) in [4.78, 5) is 2.53. The van der Waals surface area contributed by atoms with Gasteiger partial charge in [0.1, 0.15) is 4.99 Å². The molecular weight excluding hydrogens is 296 g/mol. The van der Waals surface area contributed by atoms with Crippen molar-refractivity contribution in [3.05, 3.63) is 28.8 Å². The van der Waals surface area contributed by atoms with Gasteiger partial charge in [-0.2, -0.15) is 0 Å². The maximum absolute atomic E-state index is 6.02. The Morgan fingerprint density at radius 1 is 1.25 bits per heavy atom. The molecule has 0 spiro atoms. The van der Waals surface area contributed by atoms with Crippen molar-refractivity contribution in [1.29, 1.82) is 0 Å². The molecule has 0 atom stereocenters. The van der Waals surface area contributed by atoms with Crippen molar-refractivity contribution in [2.45, 2.75) is 6.42 Å². The highest BCUT2D eigenvalue weighted by atomic mass is 35.5. The summed E-state index contributed by atoms with van der Waals surface area (Å²) in [5.41, 5.74) is 7.57. The largest absolute Gasteiger partial charge is 0.389 e. The molecule has 0 radical (unpaired) electrons. The zero-order valence-electron chi connectivity index (χ0n) is 11.9. The highest BCUT2D eigenvalue weighted by Gasteiger charge is 2.13. The number of hydrogen-bond donors (Lipinski definition) is 1. The van der Waals surface area contributed by atoms with Gasteiger partial charge in [0, 0.05) is 50.2 Å². The zero-order valence-corrected chi connectivity index (χ0v) is 13.5. The number of anilines is 1. The topological polar surface area (TPSA) is 47.7 Å². The zero-order chi connectivity index (χ0) is 15.0. The molecule has 0 bridgehead atoms. The Morgan fingerprint density at radius 3 is 2.55 bits per heavy atom. The molecule has 0 heterocycles. The lowest BCUT2D eigenvalue weighted by molar-refractivity contribution is 0.191. The second-order valence-electron chi connectivity index (χ2n) is 4.35. The standard InChI is InChI=1S/C14H21ClN2O2S/c1-18-8-3-6-17(7-9-19-2)13-5-4-11(15)10-12(13)14(16)20/h4-5,10H,3,6-9H2,1-2H3,(H2,16,20). The highest BCUT2D eigenvalue weighted by molar-refractivity contribution is 7.80. The summed E-state index contributed by atoms with van der Waals surface area (Å²) >= 11 is 11.1. The Morgan fingerprint density at radius 2 is 1.95 bits per heavy atom. The van der Waals surface area contributed by atoms with Crippen molar-refractivity contribution in [2.24, 2.45) is 5.73 Å². The van der Waals surface area contributed by atoms with Crippen LogP contribution in [0.3, 0.4) is 0 Å². The van der Waals surface area contributed by atoms with Crippen molar-refractivity contribution in [3.63, 3.8) is 0 Å². The summed E-state index contributed by atoms with van der Waals surface area (Å²) < 4.78 is 10.3. The Hall–Kier alpha value is -0.880. The van der Waals surface area contributed by atoms with Crippen molar-refractivity contribution >= 4 is 34.5 Å². The van der Waals surface area contributed by atoms with Gasteiger partial charge >= 0.3 is 0 Å². The van der Waals surface area contributed by atoms with Crippen molar-refractivity contribution in [2.75, 3.05) is 45.4 Å². The third-order valence-electron chi connectivity index (χ3n) is 2.91. The van der Waals surface area contributed by atoms with Gasteiger partial charge in [-0.3, -0.25) is 0 Å². The molecule has 1 aromatic rings. The normalized spacial score (nSPS) is 10.6. The number of rotatable bonds is 9. The van der Waals surface area contributed by atoms with Crippen LogP contribution in [0.15, 0.2) is 18.2 Å². The quantitative estimate of drug-likeness (QED) is 0.560. The van der Waals surface area contributed by atoms with E-state index >= 15 is 0 Å². The van der Waals surface area contributed by atoms with Gasteiger partial charge in [0.15, 0.2) is 0 Å². The predicted molar refractivity (Wildman–Crippen MR) is 87.9 cm³/mol. The fraction of sp³-hybridized carbons (Fsp3) is 0.500. The second-order valence-corrected chi connectivity index (χ2v) is 5.23. The van der Waals surface area contributed by atoms with Crippen molar-refractivity contribution in [3.8, 4) is 0 Å². The van der Waals surface area contributed by atoms with E-state index in [-0.39, 0.29) is 0 Å². The first kappa shape index (κ1) is 17.2. The molecule has 1 rings (SSSR count). The van der Waals surface area contributed by atoms with Gasteiger partial charge in [0.25, 0.3) is 0 Å².